The van der Waals surface area contributed by atoms with Crippen molar-refractivity contribution in [2.24, 2.45) is 0 Å². The second kappa shape index (κ2) is 10.2. The number of amides is 2. The maximum Gasteiger partial charge on any atom is 0.248 e. The first kappa shape index (κ1) is 23.7. The number of hydrogen-bond acceptors (Lipinski definition) is 7. The number of aromatic nitrogens is 3. The molecule has 0 atom stereocenters. The van der Waals surface area contributed by atoms with Crippen LogP contribution in [0.1, 0.15) is 31.0 Å². The average molecular weight is 464 g/mol. The molecule has 1 saturated heterocycles. The van der Waals surface area contributed by atoms with E-state index in [2.05, 4.69) is 9.97 Å². The monoisotopic (exact) mass is 463 g/mol. The van der Waals surface area contributed by atoms with E-state index in [4.69, 9.17) is 9.72 Å². The molecule has 4 rings (SSSR count). The molecule has 0 spiro atoms. The van der Waals surface area contributed by atoms with Crippen molar-refractivity contribution in [1.29, 1.82) is 0 Å². The Morgan fingerprint density at radius 2 is 1.91 bits per heavy atom. The Hall–Kier alpha value is -3.43. The number of carbonyl (C=O) groups excluding carboxylic acids is 2. The Balaban J connectivity index is 1.71. The number of fused-ring (bicyclic) bond motifs is 1. The van der Waals surface area contributed by atoms with E-state index >= 15 is 0 Å². The summed E-state index contributed by atoms with van der Waals surface area (Å²) in [7, 11) is 1.51. The van der Waals surface area contributed by atoms with Gasteiger partial charge in [0.15, 0.2) is 0 Å². The van der Waals surface area contributed by atoms with Gasteiger partial charge >= 0.3 is 0 Å². The average Bonchev–Trinajstić information content (AvgIpc) is 2.85. The van der Waals surface area contributed by atoms with E-state index in [-0.39, 0.29) is 31.1 Å². The van der Waals surface area contributed by atoms with E-state index in [0.717, 1.165) is 16.8 Å². The summed E-state index contributed by atoms with van der Waals surface area (Å²) < 4.78 is 4.98. The highest BCUT2D eigenvalue weighted by atomic mass is 16.5. The lowest BCUT2D eigenvalue weighted by Gasteiger charge is -2.38. The summed E-state index contributed by atoms with van der Waals surface area (Å²) in [5.74, 6) is -0.105. The number of likely N-dealkylation sites (tertiary alicyclic amines) is 1. The van der Waals surface area contributed by atoms with Crippen molar-refractivity contribution in [3.05, 3.63) is 47.9 Å². The molecule has 178 valence electrons. The number of piperidine rings is 1. The van der Waals surface area contributed by atoms with Crippen LogP contribution in [0.4, 0.5) is 5.69 Å². The number of ether oxygens (including phenoxy) is 1. The van der Waals surface area contributed by atoms with Gasteiger partial charge < -0.3 is 19.6 Å². The van der Waals surface area contributed by atoms with Crippen LogP contribution in [-0.2, 0) is 20.9 Å². The van der Waals surface area contributed by atoms with E-state index in [0.29, 0.717) is 48.4 Å². The lowest BCUT2D eigenvalue weighted by Crippen LogP contribution is -2.49. The number of hydrogen-bond donors (Lipinski definition) is 1. The van der Waals surface area contributed by atoms with Crippen LogP contribution in [0.15, 0.2) is 36.7 Å². The van der Waals surface area contributed by atoms with Crippen LogP contribution in [0.25, 0.3) is 22.3 Å². The summed E-state index contributed by atoms with van der Waals surface area (Å²) in [6.45, 7) is 4.58. The van der Waals surface area contributed by atoms with Crippen molar-refractivity contribution in [2.45, 2.75) is 39.3 Å². The number of pyridine rings is 3. The van der Waals surface area contributed by atoms with Crippen molar-refractivity contribution in [3.8, 4) is 11.3 Å². The van der Waals surface area contributed by atoms with Crippen LogP contribution in [0, 0.1) is 6.92 Å². The zero-order valence-corrected chi connectivity index (χ0v) is 19.7. The predicted octanol–water partition coefficient (Wildman–Crippen LogP) is 2.48. The molecule has 0 radical (unpaired) electrons. The van der Waals surface area contributed by atoms with Crippen LogP contribution in [0.2, 0.25) is 0 Å². The molecule has 1 aliphatic heterocycles. The van der Waals surface area contributed by atoms with Gasteiger partial charge in [0, 0.05) is 51.1 Å². The number of anilines is 1. The Bertz CT molecular complexity index is 1190. The fourth-order valence-corrected chi connectivity index (χ4v) is 4.46. The molecule has 4 heterocycles. The first-order valence-corrected chi connectivity index (χ1v) is 11.3. The summed E-state index contributed by atoms with van der Waals surface area (Å²) in [5.41, 5.74) is 5.06. The lowest BCUT2D eigenvalue weighted by atomic mass is 10.0. The highest BCUT2D eigenvalue weighted by Crippen LogP contribution is 2.33. The van der Waals surface area contributed by atoms with Crippen LogP contribution < -0.4 is 4.90 Å². The minimum atomic E-state index is -0.123. The third kappa shape index (κ3) is 4.76. The maximum atomic E-state index is 12.9. The van der Waals surface area contributed by atoms with Gasteiger partial charge in [0.2, 0.25) is 11.8 Å². The molecule has 0 unspecified atom stereocenters. The molecule has 34 heavy (non-hydrogen) atoms. The van der Waals surface area contributed by atoms with Gasteiger partial charge in [-0.25, -0.2) is 4.98 Å². The molecule has 3 aromatic rings. The van der Waals surface area contributed by atoms with E-state index in [1.165, 1.54) is 7.11 Å². The fourth-order valence-electron chi connectivity index (χ4n) is 4.46. The minimum absolute atomic E-state index is 0.0343. The van der Waals surface area contributed by atoms with Gasteiger partial charge in [-0.3, -0.25) is 19.6 Å². The standard InChI is InChI=1S/C25H29N5O4/c1-16-12-27-22-7-6-21(18-4-5-19(14-31)26-13-18)28-24(22)25(16)30(17(2)32)20-8-10-29(11-9-20)23(33)15-34-3/h4-7,12-13,20,31H,8-11,14-15H2,1-3H3. The summed E-state index contributed by atoms with van der Waals surface area (Å²) in [4.78, 5) is 42.4. The molecule has 0 bridgehead atoms. The minimum Gasteiger partial charge on any atom is -0.390 e. The van der Waals surface area contributed by atoms with Crippen LogP contribution in [-0.4, -0.2) is 69.6 Å². The third-order valence-corrected chi connectivity index (χ3v) is 6.18. The molecule has 2 amide bonds. The predicted molar refractivity (Wildman–Crippen MR) is 128 cm³/mol. The Labute approximate surface area is 198 Å². The maximum absolute atomic E-state index is 12.9. The number of rotatable bonds is 6. The number of aryl methyl sites for hydroxylation is 1. The second-order valence-electron chi connectivity index (χ2n) is 8.48. The highest BCUT2D eigenvalue weighted by molar-refractivity contribution is 6.02. The van der Waals surface area contributed by atoms with Gasteiger partial charge in [-0.2, -0.15) is 0 Å². The summed E-state index contributed by atoms with van der Waals surface area (Å²) in [6.07, 6.45) is 4.79. The van der Waals surface area contributed by atoms with E-state index in [1.54, 1.807) is 30.3 Å². The third-order valence-electron chi connectivity index (χ3n) is 6.18. The Morgan fingerprint density at radius 1 is 1.15 bits per heavy atom. The molecule has 0 aromatic carbocycles. The van der Waals surface area contributed by atoms with Gasteiger partial charge in [0.25, 0.3) is 0 Å². The molecule has 1 aliphatic rings. The molecule has 0 aliphatic carbocycles. The fraction of sp³-hybridized carbons (Fsp3) is 0.400. The molecule has 9 nitrogen and oxygen atoms in total. The van der Waals surface area contributed by atoms with Crippen LogP contribution in [0.5, 0.6) is 0 Å². The zero-order chi connectivity index (χ0) is 24.2. The highest BCUT2D eigenvalue weighted by Gasteiger charge is 2.31. The molecule has 9 heteroatoms. The second-order valence-corrected chi connectivity index (χ2v) is 8.48. The topological polar surface area (TPSA) is 109 Å². The molecule has 3 aromatic heterocycles. The largest absolute Gasteiger partial charge is 0.390 e. The van der Waals surface area contributed by atoms with E-state index in [1.807, 2.05) is 30.0 Å². The quantitative estimate of drug-likeness (QED) is 0.598. The van der Waals surface area contributed by atoms with E-state index < -0.39 is 0 Å². The van der Waals surface area contributed by atoms with E-state index in [9.17, 15) is 14.7 Å². The van der Waals surface area contributed by atoms with Crippen molar-refractivity contribution < 1.29 is 19.4 Å². The number of methoxy groups -OCH3 is 1. The summed E-state index contributed by atoms with van der Waals surface area (Å²) in [6, 6.07) is 7.35. The van der Waals surface area contributed by atoms with Gasteiger partial charge in [0.05, 0.1) is 29.2 Å². The van der Waals surface area contributed by atoms with Crippen molar-refractivity contribution >= 4 is 28.5 Å². The molecular weight excluding hydrogens is 434 g/mol. The number of aliphatic hydroxyl groups is 1. The van der Waals surface area contributed by atoms with Crippen LogP contribution in [0.3, 0.4) is 0 Å². The molecule has 1 fully saturated rings. The summed E-state index contributed by atoms with van der Waals surface area (Å²) >= 11 is 0. The van der Waals surface area contributed by atoms with Crippen molar-refractivity contribution in [3.63, 3.8) is 0 Å². The molecule has 0 saturated carbocycles. The SMILES string of the molecule is COCC(=O)N1CCC(N(C(C)=O)c2c(C)cnc3ccc(-c4ccc(CO)nc4)nc23)CC1. The number of aliphatic hydroxyl groups excluding tert-OH is 1. The number of nitrogens with zero attached hydrogens (tertiary/aromatic N) is 5. The first-order valence-electron chi connectivity index (χ1n) is 11.3. The smallest absolute Gasteiger partial charge is 0.248 e. The molecular formula is C25H29N5O4. The normalized spacial score (nSPS) is 14.4. The zero-order valence-electron chi connectivity index (χ0n) is 19.7. The molecule has 1 N–H and O–H groups in total. The van der Waals surface area contributed by atoms with Crippen LogP contribution >= 0.6 is 0 Å². The Kier molecular flexibility index (Phi) is 7.14. The van der Waals surface area contributed by atoms with Gasteiger partial charge in [-0.15, -0.1) is 0 Å². The number of carbonyl (C=O) groups is 2. The van der Waals surface area contributed by atoms with Crippen molar-refractivity contribution in [2.75, 3.05) is 31.7 Å². The lowest BCUT2D eigenvalue weighted by molar-refractivity contribution is -0.136. The Morgan fingerprint density at radius 3 is 2.53 bits per heavy atom. The summed E-state index contributed by atoms with van der Waals surface area (Å²) in [5, 5.41) is 9.27. The van der Waals surface area contributed by atoms with Gasteiger partial charge in [0.1, 0.15) is 12.1 Å². The first-order chi connectivity index (χ1) is 16.4. The van der Waals surface area contributed by atoms with Gasteiger partial charge in [-0.1, -0.05) is 0 Å². The van der Waals surface area contributed by atoms with Crippen molar-refractivity contribution in [1.82, 2.24) is 19.9 Å². The van der Waals surface area contributed by atoms with Gasteiger partial charge in [-0.05, 0) is 49.6 Å².